The van der Waals surface area contributed by atoms with Gasteiger partial charge in [-0.2, -0.15) is 0 Å². The third-order valence-corrected chi connectivity index (χ3v) is 9.32. The number of unbranched alkanes of at least 4 members (excludes halogenated alkanes) is 5. The van der Waals surface area contributed by atoms with Crippen molar-refractivity contribution in [1.82, 2.24) is 0 Å². The highest BCUT2D eigenvalue weighted by Crippen LogP contribution is 2.25. The smallest absolute Gasteiger partial charge is 0.0470 e. The second-order valence-electron chi connectivity index (χ2n) is 7.74. The zero-order valence-electron chi connectivity index (χ0n) is 13.4. The second-order valence-corrected chi connectivity index (χ2v) is 18.7. The summed E-state index contributed by atoms with van der Waals surface area (Å²) in [4.78, 5) is 0. The Morgan fingerprint density at radius 1 is 0.588 bits per heavy atom. The summed E-state index contributed by atoms with van der Waals surface area (Å²) in [5.41, 5.74) is 0. The summed E-state index contributed by atoms with van der Waals surface area (Å²) < 4.78 is 0. The fraction of sp³-hybridized carbons (Fsp3) is 1.00. The molecule has 0 rings (SSSR count). The van der Waals surface area contributed by atoms with Crippen molar-refractivity contribution >= 4 is 16.1 Å². The Morgan fingerprint density at radius 2 is 1.12 bits per heavy atom. The van der Waals surface area contributed by atoms with E-state index in [1.54, 1.807) is 18.1 Å². The highest BCUT2D eigenvalue weighted by atomic mass is 28.3. The summed E-state index contributed by atoms with van der Waals surface area (Å²) in [7, 11) is -1.64. The van der Waals surface area contributed by atoms with Crippen LogP contribution >= 0.6 is 0 Å². The third-order valence-electron chi connectivity index (χ3n) is 3.76. The van der Waals surface area contributed by atoms with Crippen LogP contribution in [0.1, 0.15) is 45.4 Å². The van der Waals surface area contributed by atoms with Crippen molar-refractivity contribution in [2.45, 2.75) is 96.3 Å². The topological polar surface area (TPSA) is 0 Å². The molecule has 0 radical (unpaired) electrons. The predicted molar refractivity (Wildman–Crippen MR) is 88.6 cm³/mol. The Bertz CT molecular complexity index is 180. The standard InChI is InChI=1S/C15H36Si2/c1-7-8-9-10-11-12-13-17(5,6)15-14-16(2,3)4/h7-15H2,1-6H3. The van der Waals surface area contributed by atoms with Crippen molar-refractivity contribution in [2.75, 3.05) is 0 Å². The minimum Gasteiger partial charge on any atom is -0.0696 e. The lowest BCUT2D eigenvalue weighted by molar-refractivity contribution is 0.622. The molecule has 0 unspecified atom stereocenters. The van der Waals surface area contributed by atoms with Crippen molar-refractivity contribution in [3.8, 4) is 0 Å². The van der Waals surface area contributed by atoms with Gasteiger partial charge in [0.25, 0.3) is 0 Å². The fourth-order valence-electron chi connectivity index (χ4n) is 2.22. The van der Waals surface area contributed by atoms with Gasteiger partial charge in [0.05, 0.1) is 0 Å². The normalized spacial score (nSPS) is 13.1. The van der Waals surface area contributed by atoms with Crippen LogP contribution in [0.5, 0.6) is 0 Å². The number of rotatable bonds is 10. The van der Waals surface area contributed by atoms with E-state index >= 15 is 0 Å². The first-order valence-corrected chi connectivity index (χ1v) is 14.9. The SMILES string of the molecule is CCCCCCCC[Si](C)(C)CC[Si](C)(C)C. The van der Waals surface area contributed by atoms with E-state index in [0.717, 1.165) is 0 Å². The van der Waals surface area contributed by atoms with Gasteiger partial charge in [-0.05, 0) is 0 Å². The molecule has 0 bridgehead atoms. The lowest BCUT2D eigenvalue weighted by atomic mass is 10.1. The first-order valence-electron chi connectivity index (χ1n) is 7.77. The minimum atomic E-state index is -0.847. The Labute approximate surface area is 113 Å². The molecule has 2 heteroatoms. The molecule has 104 valence electrons. The van der Waals surface area contributed by atoms with Crippen LogP contribution in [0.4, 0.5) is 0 Å². The van der Waals surface area contributed by atoms with Gasteiger partial charge in [0.1, 0.15) is 0 Å². The van der Waals surface area contributed by atoms with E-state index in [2.05, 4.69) is 39.7 Å². The van der Waals surface area contributed by atoms with Gasteiger partial charge >= 0.3 is 0 Å². The summed E-state index contributed by atoms with van der Waals surface area (Å²) in [6.07, 6.45) is 8.75. The van der Waals surface area contributed by atoms with Crippen LogP contribution in [0.2, 0.25) is 50.9 Å². The summed E-state index contributed by atoms with van der Waals surface area (Å²) in [5, 5.41) is 0. The second kappa shape index (κ2) is 8.52. The maximum absolute atomic E-state index is 2.61. The van der Waals surface area contributed by atoms with E-state index in [0.29, 0.717) is 0 Å². The monoisotopic (exact) mass is 272 g/mol. The molecular formula is C15H36Si2. The molecule has 0 N–H and O–H groups in total. The van der Waals surface area contributed by atoms with E-state index in [9.17, 15) is 0 Å². The van der Waals surface area contributed by atoms with E-state index < -0.39 is 16.1 Å². The van der Waals surface area contributed by atoms with Crippen molar-refractivity contribution < 1.29 is 0 Å². The fourth-order valence-corrected chi connectivity index (χ4v) is 9.39. The largest absolute Gasteiger partial charge is 0.0696 e. The average molecular weight is 273 g/mol. The van der Waals surface area contributed by atoms with E-state index in [1.807, 2.05) is 0 Å². The molecule has 0 amide bonds. The highest BCUT2D eigenvalue weighted by molar-refractivity contribution is 6.82. The van der Waals surface area contributed by atoms with E-state index in [4.69, 9.17) is 0 Å². The zero-order valence-corrected chi connectivity index (χ0v) is 15.4. The van der Waals surface area contributed by atoms with Crippen LogP contribution in [0, 0.1) is 0 Å². The first kappa shape index (κ1) is 17.4. The molecule has 0 aliphatic rings. The lowest BCUT2D eigenvalue weighted by Gasteiger charge is -2.26. The van der Waals surface area contributed by atoms with Crippen LogP contribution in [0.3, 0.4) is 0 Å². The molecule has 0 saturated heterocycles. The van der Waals surface area contributed by atoms with Gasteiger partial charge in [-0.25, -0.2) is 0 Å². The van der Waals surface area contributed by atoms with Gasteiger partial charge in [-0.3, -0.25) is 0 Å². The zero-order chi connectivity index (χ0) is 13.4. The molecule has 0 heterocycles. The summed E-state index contributed by atoms with van der Waals surface area (Å²) in [6, 6.07) is 4.71. The lowest BCUT2D eigenvalue weighted by Crippen LogP contribution is -2.30. The molecule has 0 nitrogen and oxygen atoms in total. The van der Waals surface area contributed by atoms with Gasteiger partial charge in [-0.1, -0.05) is 96.3 Å². The number of hydrogen-bond donors (Lipinski definition) is 0. The Hall–Kier alpha value is 0.434. The molecule has 0 atom stereocenters. The van der Waals surface area contributed by atoms with E-state index in [1.165, 1.54) is 38.5 Å². The van der Waals surface area contributed by atoms with Gasteiger partial charge < -0.3 is 0 Å². The number of hydrogen-bond acceptors (Lipinski definition) is 0. The molecular weight excluding hydrogens is 236 g/mol. The van der Waals surface area contributed by atoms with Crippen LogP contribution < -0.4 is 0 Å². The Morgan fingerprint density at radius 3 is 1.65 bits per heavy atom. The van der Waals surface area contributed by atoms with Crippen LogP contribution in [-0.4, -0.2) is 16.1 Å². The third kappa shape index (κ3) is 12.7. The van der Waals surface area contributed by atoms with Gasteiger partial charge in [0.15, 0.2) is 0 Å². The van der Waals surface area contributed by atoms with Crippen molar-refractivity contribution in [2.24, 2.45) is 0 Å². The van der Waals surface area contributed by atoms with Crippen LogP contribution in [0.25, 0.3) is 0 Å². The molecule has 0 aliphatic carbocycles. The maximum atomic E-state index is 2.61. The molecule has 0 spiro atoms. The Balaban J connectivity index is 3.57. The molecule has 0 aromatic rings. The average Bonchev–Trinajstić information content (AvgIpc) is 2.20. The molecule has 0 aromatic carbocycles. The van der Waals surface area contributed by atoms with Gasteiger partial charge in [0.2, 0.25) is 0 Å². The van der Waals surface area contributed by atoms with Crippen LogP contribution in [0.15, 0.2) is 0 Å². The molecule has 0 saturated carbocycles. The summed E-state index contributed by atoms with van der Waals surface area (Å²) >= 11 is 0. The highest BCUT2D eigenvalue weighted by Gasteiger charge is 2.23. The van der Waals surface area contributed by atoms with Crippen molar-refractivity contribution in [3.05, 3.63) is 0 Å². The maximum Gasteiger partial charge on any atom is 0.0470 e. The van der Waals surface area contributed by atoms with Crippen molar-refractivity contribution in [3.63, 3.8) is 0 Å². The van der Waals surface area contributed by atoms with Crippen molar-refractivity contribution in [1.29, 1.82) is 0 Å². The van der Waals surface area contributed by atoms with Gasteiger partial charge in [-0.15, -0.1) is 0 Å². The molecule has 0 fully saturated rings. The van der Waals surface area contributed by atoms with E-state index in [-0.39, 0.29) is 0 Å². The van der Waals surface area contributed by atoms with Crippen LogP contribution in [-0.2, 0) is 0 Å². The minimum absolute atomic E-state index is 0.797. The first-order chi connectivity index (χ1) is 7.77. The molecule has 17 heavy (non-hydrogen) atoms. The Kier molecular flexibility index (Phi) is 8.74. The quantitative estimate of drug-likeness (QED) is 0.319. The molecule has 0 aromatic heterocycles. The predicted octanol–water partition coefficient (Wildman–Crippen LogP) is 6.39. The molecule has 0 aliphatic heterocycles. The summed E-state index contributed by atoms with van der Waals surface area (Å²) in [5.74, 6) is 0. The van der Waals surface area contributed by atoms with Gasteiger partial charge in [0, 0.05) is 16.1 Å². The summed E-state index contributed by atoms with van der Waals surface area (Å²) in [6.45, 7) is 15.1.